The van der Waals surface area contributed by atoms with Crippen LogP contribution in [-0.4, -0.2) is 14.5 Å². The molecule has 8 rings (SSSR count). The van der Waals surface area contributed by atoms with Gasteiger partial charge < -0.3 is 4.57 Å². The third-order valence-electron chi connectivity index (χ3n) is 7.80. The molecule has 0 spiro atoms. The van der Waals surface area contributed by atoms with E-state index in [4.69, 9.17) is 9.97 Å². The molecular formula is C38H25N3. The molecule has 0 saturated heterocycles. The van der Waals surface area contributed by atoms with Crippen molar-refractivity contribution >= 4 is 32.7 Å². The van der Waals surface area contributed by atoms with Crippen LogP contribution in [0.5, 0.6) is 0 Å². The highest BCUT2D eigenvalue weighted by atomic mass is 15.0. The van der Waals surface area contributed by atoms with Gasteiger partial charge in [-0.2, -0.15) is 0 Å². The summed E-state index contributed by atoms with van der Waals surface area (Å²) >= 11 is 0. The van der Waals surface area contributed by atoms with Crippen LogP contribution in [0.1, 0.15) is 0 Å². The van der Waals surface area contributed by atoms with Gasteiger partial charge in [0.15, 0.2) is 5.82 Å². The maximum atomic E-state index is 5.17. The van der Waals surface area contributed by atoms with Crippen molar-refractivity contribution in [3.63, 3.8) is 0 Å². The van der Waals surface area contributed by atoms with Gasteiger partial charge in [0.2, 0.25) is 0 Å². The van der Waals surface area contributed by atoms with E-state index >= 15 is 0 Å². The molecule has 0 aliphatic heterocycles. The lowest BCUT2D eigenvalue weighted by molar-refractivity contribution is 1.18. The molecule has 3 nitrogen and oxygen atoms in total. The summed E-state index contributed by atoms with van der Waals surface area (Å²) in [6.07, 6.45) is 0. The fourth-order valence-electron chi connectivity index (χ4n) is 5.94. The average Bonchev–Trinajstić information content (AvgIpc) is 3.39. The van der Waals surface area contributed by atoms with Gasteiger partial charge in [-0.25, -0.2) is 9.97 Å². The largest absolute Gasteiger partial charge is 0.309 e. The van der Waals surface area contributed by atoms with Gasteiger partial charge in [0.25, 0.3) is 0 Å². The summed E-state index contributed by atoms with van der Waals surface area (Å²) in [5.41, 5.74) is 9.72. The average molecular weight is 524 g/mol. The number of benzene rings is 6. The molecule has 41 heavy (non-hydrogen) atoms. The molecule has 0 fully saturated rings. The summed E-state index contributed by atoms with van der Waals surface area (Å²) in [4.78, 5) is 10.2. The van der Waals surface area contributed by atoms with E-state index in [2.05, 4.69) is 132 Å². The molecule has 2 heterocycles. The minimum absolute atomic E-state index is 0.730. The molecule has 0 atom stereocenters. The summed E-state index contributed by atoms with van der Waals surface area (Å²) in [6.45, 7) is 0. The zero-order valence-electron chi connectivity index (χ0n) is 22.3. The van der Waals surface area contributed by atoms with Crippen molar-refractivity contribution in [3.05, 3.63) is 152 Å². The Morgan fingerprint density at radius 2 is 1.10 bits per heavy atom. The van der Waals surface area contributed by atoms with E-state index in [1.165, 1.54) is 21.8 Å². The lowest BCUT2D eigenvalue weighted by Crippen LogP contribution is -1.97. The standard InChI is InChI=1S/C38H25N3/c1-4-13-26(14-5-1)37-36-30(20-12-21-33(36)39-38(40-37)27-15-6-2-7-16-27)28-23-24-32-31-19-10-11-22-34(31)41(35(32)25-28)29-17-8-3-9-18-29/h1-25H. The molecule has 2 aromatic heterocycles. The molecule has 0 radical (unpaired) electrons. The van der Waals surface area contributed by atoms with E-state index in [-0.39, 0.29) is 0 Å². The molecule has 6 aromatic carbocycles. The first-order valence-electron chi connectivity index (χ1n) is 13.9. The second kappa shape index (κ2) is 9.58. The van der Waals surface area contributed by atoms with Gasteiger partial charge in [0, 0.05) is 33.0 Å². The van der Waals surface area contributed by atoms with Gasteiger partial charge in [0.1, 0.15) is 0 Å². The van der Waals surface area contributed by atoms with Gasteiger partial charge in [-0.05, 0) is 41.5 Å². The molecule has 0 unspecified atom stereocenters. The molecule has 8 aromatic rings. The zero-order valence-corrected chi connectivity index (χ0v) is 22.3. The predicted octanol–water partition coefficient (Wildman–Crippen LogP) is 9.73. The summed E-state index contributed by atoms with van der Waals surface area (Å²) in [7, 11) is 0. The first-order valence-corrected chi connectivity index (χ1v) is 13.9. The highest BCUT2D eigenvalue weighted by Crippen LogP contribution is 2.39. The molecule has 0 aliphatic rings. The van der Waals surface area contributed by atoms with Crippen molar-refractivity contribution in [2.45, 2.75) is 0 Å². The topological polar surface area (TPSA) is 30.7 Å². The van der Waals surface area contributed by atoms with Crippen molar-refractivity contribution < 1.29 is 0 Å². The van der Waals surface area contributed by atoms with Gasteiger partial charge in [-0.1, -0.05) is 121 Å². The lowest BCUT2D eigenvalue weighted by Gasteiger charge is -2.14. The monoisotopic (exact) mass is 523 g/mol. The number of hydrogen-bond acceptors (Lipinski definition) is 2. The molecule has 0 N–H and O–H groups in total. The van der Waals surface area contributed by atoms with E-state index in [1.54, 1.807) is 0 Å². The molecule has 0 bridgehead atoms. The summed E-state index contributed by atoms with van der Waals surface area (Å²) < 4.78 is 2.36. The Bertz CT molecular complexity index is 2180. The van der Waals surface area contributed by atoms with Crippen LogP contribution in [0.25, 0.3) is 72.2 Å². The fourth-order valence-corrected chi connectivity index (χ4v) is 5.94. The van der Waals surface area contributed by atoms with E-state index < -0.39 is 0 Å². The van der Waals surface area contributed by atoms with E-state index in [0.717, 1.165) is 50.4 Å². The summed E-state index contributed by atoms with van der Waals surface area (Å²) in [5, 5.41) is 3.54. The Morgan fingerprint density at radius 1 is 0.439 bits per heavy atom. The maximum absolute atomic E-state index is 5.17. The minimum atomic E-state index is 0.730. The fraction of sp³-hybridized carbons (Fsp3) is 0. The SMILES string of the molecule is c1ccc(-c2nc(-c3ccccc3)c3c(-c4ccc5c6ccccc6n(-c6ccccc6)c5c4)cccc3n2)cc1. The second-order valence-corrected chi connectivity index (χ2v) is 10.2. The molecule has 192 valence electrons. The van der Waals surface area contributed by atoms with Crippen LogP contribution in [0.4, 0.5) is 0 Å². The van der Waals surface area contributed by atoms with Crippen LogP contribution >= 0.6 is 0 Å². The third kappa shape index (κ3) is 3.90. The number of fused-ring (bicyclic) bond motifs is 4. The van der Waals surface area contributed by atoms with E-state index in [0.29, 0.717) is 0 Å². The van der Waals surface area contributed by atoms with Crippen molar-refractivity contribution in [2.24, 2.45) is 0 Å². The smallest absolute Gasteiger partial charge is 0.160 e. The normalized spacial score (nSPS) is 11.4. The summed E-state index contributed by atoms with van der Waals surface area (Å²) in [5.74, 6) is 0.730. The number of rotatable bonds is 4. The van der Waals surface area contributed by atoms with Crippen molar-refractivity contribution in [1.29, 1.82) is 0 Å². The molecular weight excluding hydrogens is 498 g/mol. The first kappa shape index (κ1) is 23.4. The zero-order chi connectivity index (χ0) is 27.2. The van der Waals surface area contributed by atoms with Crippen LogP contribution in [0.15, 0.2) is 152 Å². The number of hydrogen-bond donors (Lipinski definition) is 0. The van der Waals surface area contributed by atoms with Gasteiger partial charge >= 0.3 is 0 Å². The minimum Gasteiger partial charge on any atom is -0.309 e. The van der Waals surface area contributed by atoms with Crippen molar-refractivity contribution in [2.75, 3.05) is 0 Å². The maximum Gasteiger partial charge on any atom is 0.160 e. The molecule has 0 aliphatic carbocycles. The lowest BCUT2D eigenvalue weighted by atomic mass is 9.95. The van der Waals surface area contributed by atoms with E-state index in [1.807, 2.05) is 24.3 Å². The Labute approximate surface area is 238 Å². The molecule has 0 saturated carbocycles. The quantitative estimate of drug-likeness (QED) is 0.230. The van der Waals surface area contributed by atoms with Gasteiger partial charge in [-0.3, -0.25) is 0 Å². The highest BCUT2D eigenvalue weighted by Gasteiger charge is 2.18. The second-order valence-electron chi connectivity index (χ2n) is 10.2. The van der Waals surface area contributed by atoms with Gasteiger partial charge in [-0.15, -0.1) is 0 Å². The Balaban J connectivity index is 1.43. The van der Waals surface area contributed by atoms with Crippen LogP contribution in [-0.2, 0) is 0 Å². The molecule has 3 heteroatoms. The first-order chi connectivity index (χ1) is 20.3. The Kier molecular flexibility index (Phi) is 5.46. The van der Waals surface area contributed by atoms with Crippen molar-refractivity contribution in [1.82, 2.24) is 14.5 Å². The highest BCUT2D eigenvalue weighted by molar-refractivity contribution is 6.11. The summed E-state index contributed by atoms with van der Waals surface area (Å²) in [6, 6.07) is 53.1. The van der Waals surface area contributed by atoms with E-state index in [9.17, 15) is 0 Å². The third-order valence-corrected chi connectivity index (χ3v) is 7.80. The van der Waals surface area contributed by atoms with Crippen LogP contribution < -0.4 is 0 Å². The molecule has 0 amide bonds. The van der Waals surface area contributed by atoms with Crippen LogP contribution in [0.2, 0.25) is 0 Å². The van der Waals surface area contributed by atoms with Crippen LogP contribution in [0.3, 0.4) is 0 Å². The predicted molar refractivity (Wildman–Crippen MR) is 170 cm³/mol. The number of nitrogens with zero attached hydrogens (tertiary/aromatic N) is 3. The van der Waals surface area contributed by atoms with Gasteiger partial charge in [0.05, 0.1) is 22.2 Å². The Morgan fingerprint density at radius 3 is 1.88 bits per heavy atom. The number of aromatic nitrogens is 3. The van der Waals surface area contributed by atoms with Crippen molar-refractivity contribution in [3.8, 4) is 39.5 Å². The number of para-hydroxylation sites is 2. The van der Waals surface area contributed by atoms with Crippen LogP contribution in [0, 0.1) is 0 Å². The Hall–Kier alpha value is -5.54.